The molecule has 0 aromatic heterocycles. The molecule has 0 aliphatic carbocycles. The number of thioether (sulfide) groups is 1. The summed E-state index contributed by atoms with van der Waals surface area (Å²) < 4.78 is 1.08. The molecular weight excluding hydrogens is 372 g/mol. The minimum Gasteiger partial charge on any atom is -0.350 e. The summed E-state index contributed by atoms with van der Waals surface area (Å²) in [7, 11) is 2.04. The average Bonchev–Trinajstić information content (AvgIpc) is 2.54. The molecule has 0 spiro atoms. The SMILES string of the molecule is C[NH+](CC(=O)NCCSc1ccc(Br)cc1)Cc1ccccc1. The zero-order valence-electron chi connectivity index (χ0n) is 13.2. The van der Waals surface area contributed by atoms with E-state index in [0.717, 1.165) is 16.8 Å². The highest BCUT2D eigenvalue weighted by Gasteiger charge is 2.09. The van der Waals surface area contributed by atoms with E-state index in [9.17, 15) is 4.79 Å². The van der Waals surface area contributed by atoms with Gasteiger partial charge >= 0.3 is 0 Å². The largest absolute Gasteiger partial charge is 0.350 e. The first kappa shape index (κ1) is 18.0. The first-order valence-corrected chi connectivity index (χ1v) is 9.41. The Balaban J connectivity index is 1.62. The Kier molecular flexibility index (Phi) is 7.65. The third-order valence-corrected chi connectivity index (χ3v) is 4.86. The van der Waals surface area contributed by atoms with Crippen molar-refractivity contribution in [3.63, 3.8) is 0 Å². The summed E-state index contributed by atoms with van der Waals surface area (Å²) in [6.45, 7) is 2.05. The third kappa shape index (κ3) is 7.20. The normalized spacial score (nSPS) is 11.9. The monoisotopic (exact) mass is 393 g/mol. The number of halogens is 1. The van der Waals surface area contributed by atoms with Crippen LogP contribution in [0.5, 0.6) is 0 Å². The van der Waals surface area contributed by atoms with Crippen molar-refractivity contribution in [3.05, 3.63) is 64.6 Å². The summed E-state index contributed by atoms with van der Waals surface area (Å²) in [5.74, 6) is 0.986. The minimum absolute atomic E-state index is 0.106. The smallest absolute Gasteiger partial charge is 0.275 e. The van der Waals surface area contributed by atoms with Gasteiger partial charge in [0.25, 0.3) is 5.91 Å². The molecule has 0 bridgehead atoms. The van der Waals surface area contributed by atoms with E-state index in [4.69, 9.17) is 0 Å². The average molecular weight is 394 g/mol. The van der Waals surface area contributed by atoms with Crippen LogP contribution in [0.2, 0.25) is 0 Å². The highest BCUT2D eigenvalue weighted by atomic mass is 79.9. The van der Waals surface area contributed by atoms with E-state index in [2.05, 4.69) is 45.5 Å². The summed E-state index contributed by atoms with van der Waals surface area (Å²) in [4.78, 5) is 14.4. The van der Waals surface area contributed by atoms with Gasteiger partial charge < -0.3 is 10.2 Å². The Morgan fingerprint density at radius 2 is 1.83 bits per heavy atom. The topological polar surface area (TPSA) is 33.5 Å². The van der Waals surface area contributed by atoms with Crippen molar-refractivity contribution in [2.75, 3.05) is 25.9 Å². The molecule has 2 aromatic rings. The number of carbonyl (C=O) groups excluding carboxylic acids is 1. The molecule has 0 saturated carbocycles. The van der Waals surface area contributed by atoms with Crippen LogP contribution in [-0.2, 0) is 11.3 Å². The predicted octanol–water partition coefficient (Wildman–Crippen LogP) is 2.37. The summed E-state index contributed by atoms with van der Waals surface area (Å²) in [6, 6.07) is 18.5. The lowest BCUT2D eigenvalue weighted by molar-refractivity contribution is -0.885. The standard InChI is InChI=1S/C18H21BrN2OS/c1-21(13-15-5-3-2-4-6-15)14-18(22)20-11-12-23-17-9-7-16(19)8-10-17/h2-10H,11-14H2,1H3,(H,20,22)/p+1. The van der Waals surface area contributed by atoms with Crippen LogP contribution < -0.4 is 10.2 Å². The minimum atomic E-state index is 0.106. The van der Waals surface area contributed by atoms with E-state index in [0.29, 0.717) is 13.1 Å². The van der Waals surface area contributed by atoms with E-state index in [1.807, 2.05) is 37.4 Å². The van der Waals surface area contributed by atoms with Gasteiger partial charge in [-0.25, -0.2) is 0 Å². The molecule has 0 aliphatic heterocycles. The molecule has 2 rings (SSSR count). The fraction of sp³-hybridized carbons (Fsp3) is 0.278. The second-order valence-electron chi connectivity index (χ2n) is 5.45. The number of hydrogen-bond acceptors (Lipinski definition) is 2. The van der Waals surface area contributed by atoms with E-state index in [1.54, 1.807) is 11.8 Å². The molecule has 0 radical (unpaired) electrons. The van der Waals surface area contributed by atoms with Crippen LogP contribution in [0, 0.1) is 0 Å². The van der Waals surface area contributed by atoms with Gasteiger partial charge in [-0.2, -0.15) is 0 Å². The van der Waals surface area contributed by atoms with Gasteiger partial charge in [0, 0.05) is 27.2 Å². The number of amides is 1. The number of rotatable bonds is 8. The Bertz CT molecular complexity index is 604. The molecule has 5 heteroatoms. The molecule has 2 N–H and O–H groups in total. The fourth-order valence-electron chi connectivity index (χ4n) is 2.23. The Labute approximate surface area is 150 Å². The number of benzene rings is 2. The highest BCUT2D eigenvalue weighted by molar-refractivity contribution is 9.10. The maximum atomic E-state index is 12.0. The van der Waals surface area contributed by atoms with Crippen molar-refractivity contribution in [3.8, 4) is 0 Å². The fourth-order valence-corrected chi connectivity index (χ4v) is 3.27. The lowest BCUT2D eigenvalue weighted by Gasteiger charge is -2.13. The van der Waals surface area contributed by atoms with Crippen LogP contribution in [0.4, 0.5) is 0 Å². The zero-order valence-corrected chi connectivity index (χ0v) is 15.6. The van der Waals surface area contributed by atoms with Crippen LogP contribution >= 0.6 is 27.7 Å². The third-order valence-electron chi connectivity index (χ3n) is 3.32. The molecule has 122 valence electrons. The molecule has 0 aliphatic rings. The molecule has 0 saturated heterocycles. The van der Waals surface area contributed by atoms with E-state index >= 15 is 0 Å². The first-order valence-electron chi connectivity index (χ1n) is 7.64. The van der Waals surface area contributed by atoms with Gasteiger partial charge in [-0.15, -0.1) is 11.8 Å². The van der Waals surface area contributed by atoms with Crippen molar-refractivity contribution in [1.82, 2.24) is 5.32 Å². The predicted molar refractivity (Wildman–Crippen MR) is 99.8 cm³/mol. The summed E-state index contributed by atoms with van der Waals surface area (Å²) in [5, 5.41) is 2.99. The van der Waals surface area contributed by atoms with Crippen LogP contribution in [0.25, 0.3) is 0 Å². The Morgan fingerprint density at radius 1 is 1.13 bits per heavy atom. The van der Waals surface area contributed by atoms with Gasteiger partial charge in [-0.05, 0) is 24.3 Å². The molecule has 2 aromatic carbocycles. The number of hydrogen-bond donors (Lipinski definition) is 2. The van der Waals surface area contributed by atoms with Crippen LogP contribution in [0.15, 0.2) is 64.0 Å². The van der Waals surface area contributed by atoms with Crippen molar-refractivity contribution < 1.29 is 9.69 Å². The second kappa shape index (κ2) is 9.75. The van der Waals surface area contributed by atoms with E-state index < -0.39 is 0 Å². The first-order chi connectivity index (χ1) is 11.1. The lowest BCUT2D eigenvalue weighted by Crippen LogP contribution is -3.08. The van der Waals surface area contributed by atoms with Crippen LogP contribution in [-0.4, -0.2) is 31.8 Å². The number of nitrogens with one attached hydrogen (secondary N) is 2. The number of likely N-dealkylation sites (N-methyl/N-ethyl adjacent to an activating group) is 1. The lowest BCUT2D eigenvalue weighted by atomic mass is 10.2. The Morgan fingerprint density at radius 3 is 2.52 bits per heavy atom. The number of quaternary nitrogens is 1. The molecule has 1 amide bonds. The van der Waals surface area contributed by atoms with Gasteiger partial charge in [-0.1, -0.05) is 46.3 Å². The second-order valence-corrected chi connectivity index (χ2v) is 7.53. The molecule has 3 nitrogen and oxygen atoms in total. The van der Waals surface area contributed by atoms with Gasteiger partial charge in [0.1, 0.15) is 6.54 Å². The van der Waals surface area contributed by atoms with E-state index in [-0.39, 0.29) is 5.91 Å². The Hall–Kier alpha value is -1.30. The quantitative estimate of drug-likeness (QED) is 0.533. The molecule has 1 atom stereocenters. The summed E-state index contributed by atoms with van der Waals surface area (Å²) in [6.07, 6.45) is 0. The highest BCUT2D eigenvalue weighted by Crippen LogP contribution is 2.19. The van der Waals surface area contributed by atoms with Gasteiger partial charge in [0.2, 0.25) is 0 Å². The van der Waals surface area contributed by atoms with Gasteiger partial charge in [0.05, 0.1) is 7.05 Å². The van der Waals surface area contributed by atoms with Crippen molar-refractivity contribution in [2.24, 2.45) is 0 Å². The van der Waals surface area contributed by atoms with Crippen molar-refractivity contribution in [1.29, 1.82) is 0 Å². The van der Waals surface area contributed by atoms with Crippen molar-refractivity contribution >= 4 is 33.6 Å². The summed E-state index contributed by atoms with van der Waals surface area (Å²) in [5.41, 5.74) is 1.25. The molecule has 0 heterocycles. The van der Waals surface area contributed by atoms with E-state index in [1.165, 1.54) is 15.4 Å². The van der Waals surface area contributed by atoms with Gasteiger partial charge in [-0.3, -0.25) is 4.79 Å². The molecular formula is C18H22BrN2OS+. The van der Waals surface area contributed by atoms with Crippen molar-refractivity contribution in [2.45, 2.75) is 11.4 Å². The van der Waals surface area contributed by atoms with Crippen LogP contribution in [0.3, 0.4) is 0 Å². The zero-order chi connectivity index (χ0) is 16.5. The molecule has 23 heavy (non-hydrogen) atoms. The molecule has 0 fully saturated rings. The van der Waals surface area contributed by atoms with Crippen LogP contribution in [0.1, 0.15) is 5.56 Å². The molecule has 1 unspecified atom stereocenters. The maximum absolute atomic E-state index is 12.0. The number of carbonyl (C=O) groups is 1. The maximum Gasteiger partial charge on any atom is 0.275 e. The van der Waals surface area contributed by atoms with Gasteiger partial charge in [0.15, 0.2) is 6.54 Å². The summed E-state index contributed by atoms with van der Waals surface area (Å²) >= 11 is 5.17.